The molecule has 90 valence electrons. The van der Waals surface area contributed by atoms with Crippen LogP contribution in [0.15, 0.2) is 16.5 Å². The van der Waals surface area contributed by atoms with Crippen molar-refractivity contribution >= 4 is 5.97 Å². The molecule has 1 heterocycles. The van der Waals surface area contributed by atoms with Crippen LogP contribution in [0.1, 0.15) is 37.1 Å². The van der Waals surface area contributed by atoms with Gasteiger partial charge in [0.05, 0.1) is 12.7 Å². The van der Waals surface area contributed by atoms with Gasteiger partial charge in [-0.1, -0.05) is 6.92 Å². The molecule has 0 aliphatic heterocycles. The third-order valence-corrected chi connectivity index (χ3v) is 1.98. The van der Waals surface area contributed by atoms with Gasteiger partial charge in [-0.15, -0.1) is 0 Å². The van der Waals surface area contributed by atoms with Gasteiger partial charge in [-0.25, -0.2) is 4.79 Å². The van der Waals surface area contributed by atoms with Crippen molar-refractivity contribution in [3.8, 4) is 0 Å². The second-order valence-corrected chi connectivity index (χ2v) is 3.67. The summed E-state index contributed by atoms with van der Waals surface area (Å²) in [5.41, 5.74) is 0. The molecule has 0 atom stereocenters. The van der Waals surface area contributed by atoms with Gasteiger partial charge in [0.15, 0.2) is 0 Å². The summed E-state index contributed by atoms with van der Waals surface area (Å²) in [7, 11) is 0. The summed E-state index contributed by atoms with van der Waals surface area (Å²) in [6.07, 6.45) is 0.915. The lowest BCUT2D eigenvalue weighted by atomic mass is 10.3. The van der Waals surface area contributed by atoms with Crippen LogP contribution >= 0.6 is 0 Å². The molecule has 0 amide bonds. The largest absolute Gasteiger partial charge is 0.457 e. The van der Waals surface area contributed by atoms with Crippen molar-refractivity contribution in [3.63, 3.8) is 0 Å². The van der Waals surface area contributed by atoms with Gasteiger partial charge in [-0.3, -0.25) is 0 Å². The van der Waals surface area contributed by atoms with Crippen LogP contribution in [0.3, 0.4) is 0 Å². The van der Waals surface area contributed by atoms with Crippen LogP contribution in [0, 0.1) is 0 Å². The van der Waals surface area contributed by atoms with Crippen molar-refractivity contribution < 1.29 is 18.7 Å². The Morgan fingerprint density at radius 1 is 1.38 bits per heavy atom. The van der Waals surface area contributed by atoms with Crippen LogP contribution in [0.5, 0.6) is 0 Å². The van der Waals surface area contributed by atoms with Gasteiger partial charge in [0.25, 0.3) is 0 Å². The van der Waals surface area contributed by atoms with E-state index in [0.29, 0.717) is 6.61 Å². The Labute approximate surface area is 95.5 Å². The van der Waals surface area contributed by atoms with E-state index in [-0.39, 0.29) is 18.5 Å². The van der Waals surface area contributed by atoms with E-state index in [2.05, 4.69) is 0 Å². The minimum absolute atomic E-state index is 0.147. The summed E-state index contributed by atoms with van der Waals surface area (Å²) >= 11 is 0. The molecular formula is C12H18O4. The lowest BCUT2D eigenvalue weighted by Gasteiger charge is -2.07. The Balaban J connectivity index is 2.29. The summed E-state index contributed by atoms with van der Waals surface area (Å²) in [6.45, 7) is 6.48. The fraction of sp³-hybridized carbons (Fsp3) is 0.583. The lowest BCUT2D eigenvalue weighted by molar-refractivity contribution is 0.0154. The van der Waals surface area contributed by atoms with Gasteiger partial charge >= 0.3 is 5.97 Å². The quantitative estimate of drug-likeness (QED) is 0.552. The Bertz CT molecular complexity index is 328. The van der Waals surface area contributed by atoms with Crippen molar-refractivity contribution in [2.75, 3.05) is 13.2 Å². The maximum atomic E-state index is 11.4. The molecular weight excluding hydrogens is 208 g/mol. The van der Waals surface area contributed by atoms with Crippen LogP contribution < -0.4 is 0 Å². The molecule has 1 rings (SSSR count). The zero-order chi connectivity index (χ0) is 12.0. The summed E-state index contributed by atoms with van der Waals surface area (Å²) in [4.78, 5) is 11.4. The average molecular weight is 226 g/mol. The number of aryl methyl sites for hydroxylation is 1. The van der Waals surface area contributed by atoms with E-state index in [1.807, 2.05) is 20.8 Å². The van der Waals surface area contributed by atoms with E-state index < -0.39 is 5.97 Å². The Kier molecular flexibility index (Phi) is 5.05. The van der Waals surface area contributed by atoms with Crippen molar-refractivity contribution in [3.05, 3.63) is 23.7 Å². The summed E-state index contributed by atoms with van der Waals surface area (Å²) < 4.78 is 15.5. The van der Waals surface area contributed by atoms with Gasteiger partial charge in [-0.05, 0) is 26.0 Å². The summed E-state index contributed by atoms with van der Waals surface area (Å²) in [5, 5.41) is 0. The van der Waals surface area contributed by atoms with E-state index >= 15 is 0 Å². The van der Waals surface area contributed by atoms with Crippen molar-refractivity contribution in [2.24, 2.45) is 0 Å². The minimum atomic E-state index is -0.438. The van der Waals surface area contributed by atoms with Crippen molar-refractivity contribution in [1.29, 1.82) is 0 Å². The molecule has 1 aromatic rings. The summed E-state index contributed by atoms with van der Waals surface area (Å²) in [6, 6.07) is 3.41. The highest BCUT2D eigenvalue weighted by Gasteiger charge is 2.11. The SMILES string of the molecule is CCc1ccc(C(=O)OCCOC(C)C)o1. The van der Waals surface area contributed by atoms with Gasteiger partial charge in [-0.2, -0.15) is 0 Å². The normalized spacial score (nSPS) is 10.8. The van der Waals surface area contributed by atoms with E-state index in [1.165, 1.54) is 0 Å². The molecule has 16 heavy (non-hydrogen) atoms. The van der Waals surface area contributed by atoms with Crippen molar-refractivity contribution in [1.82, 2.24) is 0 Å². The highest BCUT2D eigenvalue weighted by atomic mass is 16.6. The first-order valence-corrected chi connectivity index (χ1v) is 5.51. The first-order chi connectivity index (χ1) is 7.63. The van der Waals surface area contributed by atoms with Crippen LogP contribution in [0.2, 0.25) is 0 Å². The minimum Gasteiger partial charge on any atom is -0.457 e. The molecule has 4 heteroatoms. The second-order valence-electron chi connectivity index (χ2n) is 3.67. The Morgan fingerprint density at radius 3 is 2.69 bits per heavy atom. The number of furan rings is 1. The zero-order valence-corrected chi connectivity index (χ0v) is 9.99. The van der Waals surface area contributed by atoms with Crippen LogP contribution in [0.4, 0.5) is 0 Å². The van der Waals surface area contributed by atoms with Crippen molar-refractivity contribution in [2.45, 2.75) is 33.3 Å². The molecule has 0 unspecified atom stereocenters. The number of esters is 1. The maximum Gasteiger partial charge on any atom is 0.374 e. The van der Waals surface area contributed by atoms with Gasteiger partial charge in [0.1, 0.15) is 12.4 Å². The monoisotopic (exact) mass is 226 g/mol. The van der Waals surface area contributed by atoms with E-state index in [9.17, 15) is 4.79 Å². The first kappa shape index (κ1) is 12.8. The third kappa shape index (κ3) is 4.06. The van der Waals surface area contributed by atoms with Crippen LogP contribution in [-0.2, 0) is 15.9 Å². The molecule has 0 aromatic carbocycles. The molecule has 0 N–H and O–H groups in total. The Morgan fingerprint density at radius 2 is 2.12 bits per heavy atom. The predicted octanol–water partition coefficient (Wildman–Crippen LogP) is 2.42. The molecule has 0 bridgehead atoms. The number of hydrogen-bond donors (Lipinski definition) is 0. The van der Waals surface area contributed by atoms with Crippen LogP contribution in [-0.4, -0.2) is 25.3 Å². The lowest BCUT2D eigenvalue weighted by Crippen LogP contribution is -2.13. The molecule has 1 aromatic heterocycles. The topological polar surface area (TPSA) is 48.7 Å². The maximum absolute atomic E-state index is 11.4. The highest BCUT2D eigenvalue weighted by Crippen LogP contribution is 2.09. The number of carbonyl (C=O) groups is 1. The molecule has 0 aliphatic carbocycles. The number of ether oxygens (including phenoxy) is 2. The standard InChI is InChI=1S/C12H18O4/c1-4-10-5-6-11(16-10)12(13)15-8-7-14-9(2)3/h5-6,9H,4,7-8H2,1-3H3. The van der Waals surface area contributed by atoms with Gasteiger partial charge < -0.3 is 13.9 Å². The molecule has 4 nitrogen and oxygen atoms in total. The number of rotatable bonds is 6. The predicted molar refractivity (Wildman–Crippen MR) is 59.5 cm³/mol. The fourth-order valence-corrected chi connectivity index (χ4v) is 1.17. The van der Waals surface area contributed by atoms with E-state index in [4.69, 9.17) is 13.9 Å². The molecule has 0 aliphatic rings. The number of hydrogen-bond acceptors (Lipinski definition) is 4. The Hall–Kier alpha value is -1.29. The smallest absolute Gasteiger partial charge is 0.374 e. The van der Waals surface area contributed by atoms with E-state index in [1.54, 1.807) is 12.1 Å². The molecule has 0 fully saturated rings. The van der Waals surface area contributed by atoms with E-state index in [0.717, 1.165) is 12.2 Å². The molecule has 0 saturated carbocycles. The van der Waals surface area contributed by atoms with Crippen LogP contribution in [0.25, 0.3) is 0 Å². The fourth-order valence-electron chi connectivity index (χ4n) is 1.17. The highest BCUT2D eigenvalue weighted by molar-refractivity contribution is 5.86. The van der Waals surface area contributed by atoms with Gasteiger partial charge in [0.2, 0.25) is 5.76 Å². The zero-order valence-electron chi connectivity index (χ0n) is 9.99. The molecule has 0 radical (unpaired) electrons. The summed E-state index contributed by atoms with van der Waals surface area (Å²) in [5.74, 6) is 0.596. The molecule has 0 saturated heterocycles. The first-order valence-electron chi connectivity index (χ1n) is 5.51. The molecule has 0 spiro atoms. The number of carbonyl (C=O) groups excluding carboxylic acids is 1. The third-order valence-electron chi connectivity index (χ3n) is 1.98. The second kappa shape index (κ2) is 6.33. The average Bonchev–Trinajstić information content (AvgIpc) is 2.72. The van der Waals surface area contributed by atoms with Gasteiger partial charge in [0, 0.05) is 6.42 Å².